The van der Waals surface area contributed by atoms with Crippen LogP contribution in [0, 0.1) is 5.92 Å². The molecule has 0 bridgehead atoms. The van der Waals surface area contributed by atoms with Crippen molar-refractivity contribution in [1.82, 2.24) is 4.98 Å². The van der Waals surface area contributed by atoms with Crippen LogP contribution in [0.2, 0.25) is 0 Å². The summed E-state index contributed by atoms with van der Waals surface area (Å²) in [6, 6.07) is 10.1. The van der Waals surface area contributed by atoms with Gasteiger partial charge in [-0.3, -0.25) is 0 Å². The van der Waals surface area contributed by atoms with Crippen molar-refractivity contribution in [3.8, 4) is 0 Å². The van der Waals surface area contributed by atoms with Gasteiger partial charge in [0.05, 0.1) is 17.3 Å². The SMILES string of the molecule is OC(CC1CCCC1)c1nc2ccccc2cc1Br. The number of benzene rings is 1. The number of para-hydroxylation sites is 1. The van der Waals surface area contributed by atoms with Gasteiger partial charge in [0, 0.05) is 9.86 Å². The molecule has 0 saturated heterocycles. The third kappa shape index (κ3) is 2.82. The van der Waals surface area contributed by atoms with Crippen molar-refractivity contribution in [3.63, 3.8) is 0 Å². The maximum Gasteiger partial charge on any atom is 0.0974 e. The van der Waals surface area contributed by atoms with Crippen molar-refractivity contribution >= 4 is 26.8 Å². The molecule has 1 aromatic heterocycles. The van der Waals surface area contributed by atoms with E-state index in [4.69, 9.17) is 0 Å². The van der Waals surface area contributed by atoms with Crippen LogP contribution in [-0.4, -0.2) is 10.1 Å². The maximum absolute atomic E-state index is 10.4. The molecule has 1 fully saturated rings. The Morgan fingerprint density at radius 3 is 2.79 bits per heavy atom. The van der Waals surface area contributed by atoms with Gasteiger partial charge < -0.3 is 5.11 Å². The number of fused-ring (bicyclic) bond motifs is 1. The Morgan fingerprint density at radius 1 is 1.26 bits per heavy atom. The average Bonchev–Trinajstić information content (AvgIpc) is 2.90. The second-order valence-corrected chi connectivity index (χ2v) is 6.30. The summed E-state index contributed by atoms with van der Waals surface area (Å²) in [5.41, 5.74) is 1.73. The summed E-state index contributed by atoms with van der Waals surface area (Å²) in [7, 11) is 0. The number of aliphatic hydroxyl groups is 1. The fourth-order valence-electron chi connectivity index (χ4n) is 3.01. The highest BCUT2D eigenvalue weighted by atomic mass is 79.9. The zero-order chi connectivity index (χ0) is 13.2. The molecule has 100 valence electrons. The van der Waals surface area contributed by atoms with Gasteiger partial charge >= 0.3 is 0 Å². The minimum absolute atomic E-state index is 0.456. The molecule has 1 saturated carbocycles. The molecule has 0 aliphatic heterocycles. The fourth-order valence-corrected chi connectivity index (χ4v) is 3.61. The molecular formula is C16H18BrNO. The summed E-state index contributed by atoms with van der Waals surface area (Å²) < 4.78 is 0.914. The van der Waals surface area contributed by atoms with E-state index in [-0.39, 0.29) is 0 Å². The van der Waals surface area contributed by atoms with E-state index in [2.05, 4.69) is 27.0 Å². The number of rotatable bonds is 3. The van der Waals surface area contributed by atoms with Crippen LogP contribution in [-0.2, 0) is 0 Å². The van der Waals surface area contributed by atoms with Gasteiger partial charge in [0.1, 0.15) is 0 Å². The lowest BCUT2D eigenvalue weighted by atomic mass is 9.98. The zero-order valence-corrected chi connectivity index (χ0v) is 12.4. The van der Waals surface area contributed by atoms with Gasteiger partial charge in [0.2, 0.25) is 0 Å². The van der Waals surface area contributed by atoms with Crippen LogP contribution in [0.1, 0.15) is 43.9 Å². The molecule has 1 aliphatic carbocycles. The highest BCUT2D eigenvalue weighted by molar-refractivity contribution is 9.10. The number of aliphatic hydroxyl groups excluding tert-OH is 1. The largest absolute Gasteiger partial charge is 0.387 e. The maximum atomic E-state index is 10.4. The van der Waals surface area contributed by atoms with E-state index in [1.807, 2.05) is 24.3 Å². The normalized spacial score (nSPS) is 18.0. The van der Waals surface area contributed by atoms with Gasteiger partial charge in [0.15, 0.2) is 0 Å². The first-order chi connectivity index (χ1) is 9.24. The van der Waals surface area contributed by atoms with Crippen molar-refractivity contribution < 1.29 is 5.11 Å². The van der Waals surface area contributed by atoms with Crippen LogP contribution in [0.5, 0.6) is 0 Å². The number of pyridine rings is 1. The average molecular weight is 320 g/mol. The van der Waals surface area contributed by atoms with E-state index in [1.165, 1.54) is 25.7 Å². The number of hydrogen-bond acceptors (Lipinski definition) is 2. The third-order valence-electron chi connectivity index (χ3n) is 4.05. The van der Waals surface area contributed by atoms with Crippen LogP contribution in [0.3, 0.4) is 0 Å². The van der Waals surface area contributed by atoms with Crippen LogP contribution in [0.4, 0.5) is 0 Å². The van der Waals surface area contributed by atoms with Gasteiger partial charge in [-0.1, -0.05) is 43.9 Å². The van der Waals surface area contributed by atoms with E-state index in [9.17, 15) is 5.11 Å². The topological polar surface area (TPSA) is 33.1 Å². The predicted molar refractivity (Wildman–Crippen MR) is 81.0 cm³/mol. The molecule has 0 spiro atoms. The zero-order valence-electron chi connectivity index (χ0n) is 10.8. The van der Waals surface area contributed by atoms with Crippen molar-refractivity contribution in [2.24, 2.45) is 5.92 Å². The molecular weight excluding hydrogens is 302 g/mol. The summed E-state index contributed by atoms with van der Waals surface area (Å²) in [6.45, 7) is 0. The number of aromatic nitrogens is 1. The number of halogens is 1. The molecule has 0 radical (unpaired) electrons. The minimum Gasteiger partial charge on any atom is -0.387 e. The Bertz CT molecular complexity index is 578. The summed E-state index contributed by atoms with van der Waals surface area (Å²) in [5, 5.41) is 11.5. The molecule has 1 N–H and O–H groups in total. The van der Waals surface area contributed by atoms with E-state index >= 15 is 0 Å². The van der Waals surface area contributed by atoms with Gasteiger partial charge in [-0.15, -0.1) is 0 Å². The summed E-state index contributed by atoms with van der Waals surface area (Å²) in [5.74, 6) is 0.662. The third-order valence-corrected chi connectivity index (χ3v) is 4.69. The molecule has 19 heavy (non-hydrogen) atoms. The van der Waals surface area contributed by atoms with Crippen LogP contribution in [0.25, 0.3) is 10.9 Å². The molecule has 0 amide bonds. The van der Waals surface area contributed by atoms with Crippen LogP contribution < -0.4 is 0 Å². The molecule has 1 unspecified atom stereocenters. The van der Waals surface area contributed by atoms with Gasteiger partial charge in [0.25, 0.3) is 0 Å². The standard InChI is InChI=1S/C16H18BrNO/c17-13-10-12-7-3-4-8-14(12)18-16(13)15(19)9-11-5-1-2-6-11/h3-4,7-8,10-11,15,19H,1-2,5-6,9H2. The monoisotopic (exact) mass is 319 g/mol. The molecule has 1 atom stereocenters. The number of hydrogen-bond donors (Lipinski definition) is 1. The first kappa shape index (κ1) is 13.1. The fraction of sp³-hybridized carbons (Fsp3) is 0.438. The second-order valence-electron chi connectivity index (χ2n) is 5.45. The quantitative estimate of drug-likeness (QED) is 0.896. The first-order valence-electron chi connectivity index (χ1n) is 6.97. The van der Waals surface area contributed by atoms with E-state index in [0.717, 1.165) is 27.5 Å². The molecule has 1 aliphatic rings. The molecule has 1 heterocycles. The smallest absolute Gasteiger partial charge is 0.0974 e. The highest BCUT2D eigenvalue weighted by Gasteiger charge is 2.22. The van der Waals surface area contributed by atoms with Crippen LogP contribution in [0.15, 0.2) is 34.8 Å². The van der Waals surface area contributed by atoms with Gasteiger partial charge in [-0.25, -0.2) is 4.98 Å². The van der Waals surface area contributed by atoms with Gasteiger partial charge in [-0.2, -0.15) is 0 Å². The van der Waals surface area contributed by atoms with Gasteiger partial charge in [-0.05, 0) is 40.4 Å². The number of nitrogens with zero attached hydrogens (tertiary/aromatic N) is 1. The highest BCUT2D eigenvalue weighted by Crippen LogP contribution is 2.35. The Kier molecular flexibility index (Phi) is 3.85. The van der Waals surface area contributed by atoms with Crippen LogP contribution >= 0.6 is 15.9 Å². The summed E-state index contributed by atoms with van der Waals surface area (Å²) in [6.07, 6.45) is 5.50. The summed E-state index contributed by atoms with van der Waals surface area (Å²) in [4.78, 5) is 4.62. The van der Waals surface area contributed by atoms with Crippen molar-refractivity contribution in [2.45, 2.75) is 38.2 Å². The molecule has 1 aromatic carbocycles. The van der Waals surface area contributed by atoms with Crippen molar-refractivity contribution in [1.29, 1.82) is 0 Å². The van der Waals surface area contributed by atoms with Crippen molar-refractivity contribution in [2.75, 3.05) is 0 Å². The lowest BCUT2D eigenvalue weighted by molar-refractivity contribution is 0.140. The van der Waals surface area contributed by atoms with E-state index in [0.29, 0.717) is 5.92 Å². The Labute approximate surface area is 122 Å². The molecule has 2 nitrogen and oxygen atoms in total. The summed E-state index contributed by atoms with van der Waals surface area (Å²) >= 11 is 3.54. The lowest BCUT2D eigenvalue weighted by Crippen LogP contribution is -2.07. The van der Waals surface area contributed by atoms with E-state index < -0.39 is 6.10 Å². The Balaban J connectivity index is 1.88. The van der Waals surface area contributed by atoms with Crippen molar-refractivity contribution in [3.05, 3.63) is 40.5 Å². The molecule has 2 aromatic rings. The first-order valence-corrected chi connectivity index (χ1v) is 7.76. The molecule has 3 rings (SSSR count). The predicted octanol–water partition coefficient (Wildman–Crippen LogP) is 4.61. The Hall–Kier alpha value is -0.930. The van der Waals surface area contributed by atoms with E-state index in [1.54, 1.807) is 0 Å². The lowest BCUT2D eigenvalue weighted by Gasteiger charge is -2.16. The minimum atomic E-state index is -0.456. The second kappa shape index (κ2) is 5.59. The molecule has 3 heteroatoms. The Morgan fingerprint density at radius 2 is 2.00 bits per heavy atom.